The van der Waals surface area contributed by atoms with Crippen LogP contribution < -0.4 is 0 Å². The van der Waals surface area contributed by atoms with Gasteiger partial charge in [0.1, 0.15) is 0 Å². The summed E-state index contributed by atoms with van der Waals surface area (Å²) >= 11 is 6.96. The maximum atomic E-state index is 3.48. The van der Waals surface area contributed by atoms with Crippen molar-refractivity contribution in [2.45, 2.75) is 36.3 Å². The van der Waals surface area contributed by atoms with Crippen LogP contribution in [0, 0.1) is 0 Å². The Morgan fingerprint density at radius 2 is 1.25 bits per heavy atom. The monoisotopic (exact) mass is 242 g/mol. The van der Waals surface area contributed by atoms with Gasteiger partial charge in [-0.1, -0.05) is 45.7 Å². The summed E-state index contributed by atoms with van der Waals surface area (Å²) in [6.45, 7) is 4.35. The smallest absolute Gasteiger partial charge is 0.0117 e. The van der Waals surface area contributed by atoms with Gasteiger partial charge in [0.2, 0.25) is 0 Å². The zero-order valence-corrected chi connectivity index (χ0v) is 8.50. The molecule has 2 heteroatoms. The Bertz CT molecular complexity index is 42.5. The van der Waals surface area contributed by atoms with Crippen LogP contribution in [0.3, 0.4) is 0 Å². The number of hydrogen-bond acceptors (Lipinski definition) is 0. The number of hydrogen-bond donors (Lipinski definition) is 0. The molecule has 0 heterocycles. The van der Waals surface area contributed by atoms with Crippen molar-refractivity contribution in [1.82, 2.24) is 0 Å². The molecule has 0 nitrogen and oxygen atoms in total. The molecular formula is C6H12Br2. The number of halogens is 2. The van der Waals surface area contributed by atoms with Crippen molar-refractivity contribution in [3.8, 4) is 0 Å². The van der Waals surface area contributed by atoms with Gasteiger partial charge in [0.15, 0.2) is 0 Å². The van der Waals surface area contributed by atoms with Crippen LogP contribution in [0.5, 0.6) is 0 Å². The van der Waals surface area contributed by atoms with Crippen LogP contribution in [-0.4, -0.2) is 9.65 Å². The summed E-state index contributed by atoms with van der Waals surface area (Å²) in [5.41, 5.74) is 0. The minimum atomic E-state index is 0.669. The minimum Gasteiger partial charge on any atom is -0.0894 e. The van der Waals surface area contributed by atoms with Crippen LogP contribution in [0.1, 0.15) is 26.7 Å². The van der Waals surface area contributed by atoms with Crippen LogP contribution in [0.2, 0.25) is 0 Å². The summed E-state index contributed by atoms with van der Waals surface area (Å²) < 4.78 is 0. The third-order valence-electron chi connectivity index (χ3n) is 0.962. The van der Waals surface area contributed by atoms with Gasteiger partial charge in [-0.2, -0.15) is 0 Å². The molecule has 0 aliphatic heterocycles. The molecule has 0 unspecified atom stereocenters. The van der Waals surface area contributed by atoms with Crippen molar-refractivity contribution < 1.29 is 0 Å². The Morgan fingerprint density at radius 1 is 1.00 bits per heavy atom. The molecule has 0 fully saturated rings. The molecule has 50 valence electrons. The van der Waals surface area contributed by atoms with Gasteiger partial charge in [-0.05, 0) is 12.8 Å². The first-order valence-electron chi connectivity index (χ1n) is 2.91. The van der Waals surface area contributed by atoms with E-state index in [1.807, 2.05) is 0 Å². The molecule has 0 aromatic carbocycles. The Balaban J connectivity index is 2.93. The van der Waals surface area contributed by atoms with E-state index in [9.17, 15) is 0 Å². The molecule has 0 amide bonds. The zero-order valence-electron chi connectivity index (χ0n) is 5.32. The summed E-state index contributed by atoms with van der Waals surface area (Å²) in [6.07, 6.45) is 2.51. The van der Waals surface area contributed by atoms with E-state index in [1.165, 1.54) is 12.8 Å². The van der Waals surface area contributed by atoms with Gasteiger partial charge in [-0.3, -0.25) is 0 Å². The average Bonchev–Trinajstić information content (AvgIpc) is 1.61. The van der Waals surface area contributed by atoms with E-state index < -0.39 is 0 Å². The van der Waals surface area contributed by atoms with Crippen LogP contribution >= 0.6 is 31.9 Å². The molecule has 0 aliphatic carbocycles. The van der Waals surface area contributed by atoms with Gasteiger partial charge in [0, 0.05) is 9.65 Å². The van der Waals surface area contributed by atoms with E-state index in [2.05, 4.69) is 45.7 Å². The minimum absolute atomic E-state index is 0.669. The van der Waals surface area contributed by atoms with Gasteiger partial charge in [0.25, 0.3) is 0 Å². The quantitative estimate of drug-likeness (QED) is 0.668. The summed E-state index contributed by atoms with van der Waals surface area (Å²) in [5.74, 6) is 0. The first-order valence-corrected chi connectivity index (χ1v) is 4.74. The second kappa shape index (κ2) is 4.80. The number of rotatable bonds is 3. The summed E-state index contributed by atoms with van der Waals surface area (Å²) in [5, 5.41) is 0. The van der Waals surface area contributed by atoms with Crippen LogP contribution in [0.25, 0.3) is 0 Å². The average molecular weight is 244 g/mol. The summed E-state index contributed by atoms with van der Waals surface area (Å²) in [6, 6.07) is 0. The van der Waals surface area contributed by atoms with E-state index in [0.29, 0.717) is 9.65 Å². The van der Waals surface area contributed by atoms with Gasteiger partial charge < -0.3 is 0 Å². The zero-order chi connectivity index (χ0) is 6.57. The fourth-order valence-electron chi connectivity index (χ4n) is 0.459. The molecule has 0 aliphatic rings. The largest absolute Gasteiger partial charge is 0.0894 e. The fourth-order valence-corrected chi connectivity index (χ4v) is 0.988. The van der Waals surface area contributed by atoms with E-state index in [1.54, 1.807) is 0 Å². The van der Waals surface area contributed by atoms with Crippen molar-refractivity contribution in [1.29, 1.82) is 0 Å². The second-order valence-electron chi connectivity index (χ2n) is 2.14. The lowest BCUT2D eigenvalue weighted by Gasteiger charge is -2.02. The van der Waals surface area contributed by atoms with Crippen molar-refractivity contribution in [2.24, 2.45) is 0 Å². The highest BCUT2D eigenvalue weighted by molar-refractivity contribution is 9.09. The lowest BCUT2D eigenvalue weighted by atomic mass is 10.2. The molecule has 0 saturated heterocycles. The molecule has 0 rings (SSSR count). The van der Waals surface area contributed by atoms with Crippen molar-refractivity contribution in [3.05, 3.63) is 0 Å². The lowest BCUT2D eigenvalue weighted by molar-refractivity contribution is 0.738. The molecule has 0 aromatic rings. The van der Waals surface area contributed by atoms with Crippen LogP contribution in [-0.2, 0) is 0 Å². The Labute approximate surface area is 68.3 Å². The summed E-state index contributed by atoms with van der Waals surface area (Å²) in [4.78, 5) is 1.34. The molecule has 0 spiro atoms. The van der Waals surface area contributed by atoms with Crippen molar-refractivity contribution in [3.63, 3.8) is 0 Å². The SMILES string of the molecule is C[C@H](Br)CC[C@@H](C)Br. The van der Waals surface area contributed by atoms with E-state index in [0.717, 1.165) is 0 Å². The molecular weight excluding hydrogens is 232 g/mol. The highest BCUT2D eigenvalue weighted by Gasteiger charge is 1.98. The molecule has 0 bridgehead atoms. The predicted octanol–water partition coefficient (Wildman–Crippen LogP) is 3.33. The standard InChI is InChI=1S/C6H12Br2/c1-5(7)3-4-6(2)8/h5-6H,3-4H2,1-2H3/t5-,6+. The van der Waals surface area contributed by atoms with Gasteiger partial charge >= 0.3 is 0 Å². The summed E-state index contributed by atoms with van der Waals surface area (Å²) in [7, 11) is 0. The third-order valence-corrected chi connectivity index (χ3v) is 1.88. The first-order chi connectivity index (χ1) is 3.63. The van der Waals surface area contributed by atoms with E-state index >= 15 is 0 Å². The topological polar surface area (TPSA) is 0 Å². The second-order valence-corrected chi connectivity index (χ2v) is 5.27. The van der Waals surface area contributed by atoms with Gasteiger partial charge in [0.05, 0.1) is 0 Å². The van der Waals surface area contributed by atoms with Crippen molar-refractivity contribution in [2.75, 3.05) is 0 Å². The van der Waals surface area contributed by atoms with Crippen molar-refractivity contribution >= 4 is 31.9 Å². The molecule has 0 N–H and O–H groups in total. The molecule has 2 atom stereocenters. The van der Waals surface area contributed by atoms with E-state index in [-0.39, 0.29) is 0 Å². The molecule has 0 saturated carbocycles. The number of alkyl halides is 2. The lowest BCUT2D eigenvalue weighted by Crippen LogP contribution is -1.95. The van der Waals surface area contributed by atoms with Crippen LogP contribution in [0.15, 0.2) is 0 Å². The first kappa shape index (κ1) is 8.96. The van der Waals surface area contributed by atoms with Gasteiger partial charge in [-0.25, -0.2) is 0 Å². The molecule has 0 radical (unpaired) electrons. The fraction of sp³-hybridized carbons (Fsp3) is 1.00. The normalized spacial score (nSPS) is 18.0. The van der Waals surface area contributed by atoms with E-state index in [4.69, 9.17) is 0 Å². The Hall–Kier alpha value is 0.960. The predicted molar refractivity (Wildman–Crippen MR) is 46.0 cm³/mol. The maximum Gasteiger partial charge on any atom is 0.0117 e. The van der Waals surface area contributed by atoms with Gasteiger partial charge in [-0.15, -0.1) is 0 Å². The molecule has 0 aromatic heterocycles. The van der Waals surface area contributed by atoms with Crippen LogP contribution in [0.4, 0.5) is 0 Å². The Kier molecular flexibility index (Phi) is 5.38. The maximum absolute atomic E-state index is 3.48. The highest BCUT2D eigenvalue weighted by Crippen LogP contribution is 2.12. The highest BCUT2D eigenvalue weighted by atomic mass is 79.9. The molecule has 8 heavy (non-hydrogen) atoms. The third kappa shape index (κ3) is 6.96. The Morgan fingerprint density at radius 3 is 1.38 bits per heavy atom.